The maximum Gasteiger partial charge on any atom is 0.195 e. The summed E-state index contributed by atoms with van der Waals surface area (Å²) in [6.45, 7) is 3.11. The number of ether oxygens (including phenoxy) is 2. The summed E-state index contributed by atoms with van der Waals surface area (Å²) >= 11 is 1.46. The Kier molecular flexibility index (Phi) is 7.56. The van der Waals surface area contributed by atoms with Crippen LogP contribution in [0.15, 0.2) is 59.8 Å². The molecule has 0 saturated carbocycles. The van der Waals surface area contributed by atoms with E-state index in [1.54, 1.807) is 17.1 Å². The molecule has 8 nitrogen and oxygen atoms in total. The molecular formula is C24H27N5O3S. The minimum absolute atomic E-state index is 0.0262. The van der Waals surface area contributed by atoms with Crippen molar-refractivity contribution in [2.75, 3.05) is 45.2 Å². The number of fused-ring (bicyclic) bond motifs is 2. The van der Waals surface area contributed by atoms with Crippen molar-refractivity contribution in [3.63, 3.8) is 0 Å². The molecule has 9 heteroatoms. The smallest absolute Gasteiger partial charge is 0.195 e. The lowest BCUT2D eigenvalue weighted by Crippen LogP contribution is -2.16. The van der Waals surface area contributed by atoms with Crippen molar-refractivity contribution >= 4 is 39.5 Å². The first-order valence-corrected chi connectivity index (χ1v) is 11.4. The van der Waals surface area contributed by atoms with Crippen LogP contribution in [0, 0.1) is 0 Å². The fourth-order valence-electron chi connectivity index (χ4n) is 3.38. The third kappa shape index (κ3) is 5.88. The molecule has 2 aromatic carbocycles. The van der Waals surface area contributed by atoms with E-state index >= 15 is 0 Å². The van der Waals surface area contributed by atoms with Crippen molar-refractivity contribution in [3.05, 3.63) is 65.2 Å². The van der Waals surface area contributed by atoms with Gasteiger partial charge in [-0.1, -0.05) is 12.1 Å². The largest absolute Gasteiger partial charge is 0.377 e. The van der Waals surface area contributed by atoms with Gasteiger partial charge in [0, 0.05) is 59.2 Å². The van der Waals surface area contributed by atoms with Gasteiger partial charge in [0.2, 0.25) is 0 Å². The van der Waals surface area contributed by atoms with E-state index in [0.717, 1.165) is 48.6 Å². The molecule has 2 aromatic heterocycles. The van der Waals surface area contributed by atoms with E-state index in [4.69, 9.17) is 9.47 Å². The Hall–Kier alpha value is -2.98. The number of rotatable bonds is 4. The Morgan fingerprint density at radius 3 is 2.33 bits per heavy atom. The van der Waals surface area contributed by atoms with Gasteiger partial charge in [-0.25, -0.2) is 4.31 Å². The van der Waals surface area contributed by atoms with Gasteiger partial charge in [-0.05, 0) is 43.7 Å². The van der Waals surface area contributed by atoms with Gasteiger partial charge < -0.3 is 14.2 Å². The molecular weight excluding hydrogens is 438 g/mol. The van der Waals surface area contributed by atoms with Crippen LogP contribution in [0.4, 0.5) is 5.69 Å². The topological polar surface area (TPSA) is 81.5 Å². The highest BCUT2D eigenvalue weighted by molar-refractivity contribution is 7.98. The van der Waals surface area contributed by atoms with Crippen LogP contribution < -0.4 is 10.2 Å². The number of anilines is 1. The van der Waals surface area contributed by atoms with Crippen molar-refractivity contribution in [2.24, 2.45) is 7.05 Å². The van der Waals surface area contributed by atoms with Gasteiger partial charge in [-0.3, -0.25) is 14.5 Å². The summed E-state index contributed by atoms with van der Waals surface area (Å²) in [5.74, 6) is 0. The fourth-order valence-corrected chi connectivity index (χ4v) is 3.79. The molecule has 1 fully saturated rings. The third-order valence-corrected chi connectivity index (χ3v) is 5.70. The minimum Gasteiger partial charge on any atom is -0.377 e. The van der Waals surface area contributed by atoms with E-state index in [0.29, 0.717) is 16.3 Å². The Morgan fingerprint density at radius 2 is 1.70 bits per heavy atom. The van der Waals surface area contributed by atoms with Gasteiger partial charge in [0.15, 0.2) is 5.43 Å². The molecule has 0 unspecified atom stereocenters. The average Bonchev–Trinajstić information content (AvgIpc) is 3.23. The summed E-state index contributed by atoms with van der Waals surface area (Å²) in [6, 6.07) is 11.6. The molecule has 1 aliphatic heterocycles. The van der Waals surface area contributed by atoms with Gasteiger partial charge in [0.25, 0.3) is 0 Å². The number of aryl methyl sites for hydroxylation is 1. The lowest BCUT2D eigenvalue weighted by Gasteiger charge is -2.10. The van der Waals surface area contributed by atoms with Crippen molar-refractivity contribution in [2.45, 2.75) is 0 Å². The Bertz CT molecular complexity index is 1290. The molecule has 0 bridgehead atoms. The lowest BCUT2D eigenvalue weighted by atomic mass is 10.1. The highest BCUT2D eigenvalue weighted by atomic mass is 32.2. The summed E-state index contributed by atoms with van der Waals surface area (Å²) in [7, 11) is 5.78. The Morgan fingerprint density at radius 1 is 0.970 bits per heavy atom. The molecule has 1 N–H and O–H groups in total. The molecule has 4 aromatic rings. The monoisotopic (exact) mass is 465 g/mol. The standard InChI is InChI=1S/C20H19N5OS.C4H8O2/c1-24(2)27-23-16-6-4-13-5-7-19-18(20(26)17(13)9-16)8-14(10-21-19)15-11-22-25(3)12-15;1-2-6-4-3-5-1/h4-12,23H,1-3H3;1-4H2. The summed E-state index contributed by atoms with van der Waals surface area (Å²) in [5, 5.41) is 6.36. The van der Waals surface area contributed by atoms with Crippen molar-refractivity contribution in [1.29, 1.82) is 0 Å². The van der Waals surface area contributed by atoms with E-state index in [9.17, 15) is 4.79 Å². The summed E-state index contributed by atoms with van der Waals surface area (Å²) < 4.78 is 16.8. The normalized spacial score (nSPS) is 13.7. The van der Waals surface area contributed by atoms with Gasteiger partial charge in [0.05, 0.1) is 38.1 Å². The van der Waals surface area contributed by atoms with Crippen LogP contribution in [-0.4, -0.2) is 59.6 Å². The quantitative estimate of drug-likeness (QED) is 0.457. The van der Waals surface area contributed by atoms with E-state index in [-0.39, 0.29) is 5.43 Å². The Balaban J connectivity index is 0.000000376. The Labute approximate surface area is 196 Å². The molecule has 1 saturated heterocycles. The van der Waals surface area contributed by atoms with E-state index in [1.165, 1.54) is 12.1 Å². The van der Waals surface area contributed by atoms with Crippen molar-refractivity contribution < 1.29 is 9.47 Å². The molecule has 172 valence electrons. The van der Waals surface area contributed by atoms with Crippen molar-refractivity contribution in [1.82, 2.24) is 19.1 Å². The SMILES string of the molecule is C1COCCO1.CN(C)SNc1ccc2ccc3ncc(-c4cnn(C)c4)cc3c(=O)c2c1. The first-order chi connectivity index (χ1) is 16.0. The average molecular weight is 466 g/mol. The second-order valence-corrected chi connectivity index (χ2v) is 8.87. The number of hydrogen-bond donors (Lipinski definition) is 1. The minimum atomic E-state index is -0.0262. The van der Waals surface area contributed by atoms with Gasteiger partial charge >= 0.3 is 0 Å². The van der Waals surface area contributed by atoms with Crippen LogP contribution in [0.1, 0.15) is 0 Å². The predicted molar refractivity (Wildman–Crippen MR) is 134 cm³/mol. The van der Waals surface area contributed by atoms with E-state index in [2.05, 4.69) is 14.8 Å². The van der Waals surface area contributed by atoms with Crippen LogP contribution in [0.3, 0.4) is 0 Å². The first kappa shape index (κ1) is 23.2. The molecule has 0 amide bonds. The predicted octanol–water partition coefficient (Wildman–Crippen LogP) is 3.72. The molecule has 3 heterocycles. The second kappa shape index (κ2) is 10.8. The molecule has 0 radical (unpaired) electrons. The third-order valence-electron chi connectivity index (χ3n) is 5.01. The number of hydrogen-bond acceptors (Lipinski definition) is 8. The first-order valence-electron chi connectivity index (χ1n) is 10.6. The summed E-state index contributed by atoms with van der Waals surface area (Å²) in [6.07, 6.45) is 5.47. The van der Waals surface area contributed by atoms with Crippen LogP contribution in [0.5, 0.6) is 0 Å². The highest BCUT2D eigenvalue weighted by Gasteiger charge is 2.08. The number of benzene rings is 1. The number of nitrogens with one attached hydrogen (secondary N) is 1. The number of pyridine rings is 1. The lowest BCUT2D eigenvalue weighted by molar-refractivity contribution is -0.0334. The summed E-state index contributed by atoms with van der Waals surface area (Å²) in [5.41, 5.74) is 3.35. The second-order valence-electron chi connectivity index (χ2n) is 7.75. The molecule has 0 spiro atoms. The highest BCUT2D eigenvalue weighted by Crippen LogP contribution is 2.24. The fraction of sp³-hybridized carbons (Fsp3) is 0.292. The zero-order chi connectivity index (χ0) is 23.2. The van der Waals surface area contributed by atoms with E-state index in [1.807, 2.05) is 68.0 Å². The van der Waals surface area contributed by atoms with Crippen LogP contribution in [-0.2, 0) is 16.5 Å². The molecule has 33 heavy (non-hydrogen) atoms. The van der Waals surface area contributed by atoms with Gasteiger partial charge in [0.1, 0.15) is 0 Å². The molecule has 0 atom stereocenters. The molecule has 5 rings (SSSR count). The van der Waals surface area contributed by atoms with Crippen LogP contribution in [0.25, 0.3) is 32.8 Å². The van der Waals surface area contributed by atoms with Crippen LogP contribution in [0.2, 0.25) is 0 Å². The number of nitrogens with zero attached hydrogens (tertiary/aromatic N) is 4. The van der Waals surface area contributed by atoms with Gasteiger partial charge in [-0.2, -0.15) is 5.10 Å². The zero-order valence-corrected chi connectivity index (χ0v) is 19.8. The van der Waals surface area contributed by atoms with Gasteiger partial charge in [-0.15, -0.1) is 0 Å². The van der Waals surface area contributed by atoms with Crippen molar-refractivity contribution in [3.8, 4) is 11.1 Å². The molecule has 1 aliphatic rings. The maximum absolute atomic E-state index is 13.3. The van der Waals surface area contributed by atoms with E-state index < -0.39 is 0 Å². The zero-order valence-electron chi connectivity index (χ0n) is 18.9. The summed E-state index contributed by atoms with van der Waals surface area (Å²) in [4.78, 5) is 17.8. The number of aromatic nitrogens is 3. The molecule has 0 aliphatic carbocycles. The van der Waals surface area contributed by atoms with Crippen LogP contribution >= 0.6 is 12.1 Å². The maximum atomic E-state index is 13.3.